The van der Waals surface area contributed by atoms with Gasteiger partial charge in [0.2, 0.25) is 17.7 Å². The summed E-state index contributed by atoms with van der Waals surface area (Å²) in [6.07, 6.45) is -59.5. The Hall–Kier alpha value is -3.51. The fraction of sp³-hybridized carbons (Fsp3) is 0.955. The maximum atomic E-state index is 12.6. The van der Waals surface area contributed by atoms with Crippen molar-refractivity contribution < 1.29 is 194 Å². The van der Waals surface area contributed by atoms with Gasteiger partial charge in [-0.2, -0.15) is 0 Å². The van der Waals surface area contributed by atoms with Crippen LogP contribution in [0.1, 0.15) is 38.5 Å². The highest BCUT2D eigenvalue weighted by Crippen LogP contribution is 2.37. The van der Waals surface area contributed by atoms with Crippen molar-refractivity contribution in [3.63, 3.8) is 0 Å². The molecular formula is C66H129N15O39. The summed E-state index contributed by atoms with van der Waals surface area (Å²) < 4.78 is 67.5. The van der Waals surface area contributed by atoms with Crippen molar-refractivity contribution in [3.05, 3.63) is 0 Å². The lowest BCUT2D eigenvalue weighted by atomic mass is 9.83. The smallest absolute Gasteiger partial charge is 0.249 e. The fourth-order valence-corrected chi connectivity index (χ4v) is 15.2. The molecule has 6 aliphatic heterocycles. The number of nitrogens with one attached hydrogen (secondary N) is 3. The molecule has 54 heteroatoms. The van der Waals surface area contributed by atoms with Gasteiger partial charge in [0, 0.05) is 37.8 Å². The lowest BCUT2D eigenvalue weighted by Crippen LogP contribution is -2.69. The van der Waals surface area contributed by atoms with Gasteiger partial charge in [0.25, 0.3) is 0 Å². The van der Waals surface area contributed by atoms with Gasteiger partial charge in [0.15, 0.2) is 37.7 Å². The number of aliphatic hydroxyl groups excluding tert-OH is 24. The molecule has 6 saturated heterocycles. The van der Waals surface area contributed by atoms with Crippen LogP contribution in [0.2, 0.25) is 0 Å². The zero-order valence-electron chi connectivity index (χ0n) is 65.1. The van der Waals surface area contributed by atoms with Crippen molar-refractivity contribution in [1.82, 2.24) is 16.0 Å². The molecule has 9 rings (SSSR count). The van der Waals surface area contributed by atoms with Crippen molar-refractivity contribution in [1.29, 1.82) is 0 Å². The van der Waals surface area contributed by atoms with Crippen LogP contribution in [0.25, 0.3) is 0 Å². The van der Waals surface area contributed by atoms with Gasteiger partial charge in [0.1, 0.15) is 201 Å². The number of hydrogen-bond donors (Lipinski definition) is 39. The minimum absolute atomic E-state index is 0.0101. The number of carbonyl (C=O) groups excluding carboxylic acids is 3. The molecule has 9 fully saturated rings. The Bertz CT molecular complexity index is 2750. The van der Waals surface area contributed by atoms with Gasteiger partial charge in [-0.15, -0.1) is 0 Å². The number of rotatable bonds is 30. The van der Waals surface area contributed by atoms with E-state index >= 15 is 0 Å². The van der Waals surface area contributed by atoms with Crippen LogP contribution in [0.3, 0.4) is 0 Å². The van der Waals surface area contributed by atoms with Crippen LogP contribution in [0.5, 0.6) is 0 Å². The molecule has 3 aliphatic carbocycles. The molecule has 0 aromatic rings. The number of ether oxygens (including phenoxy) is 12. The molecule has 3 saturated carbocycles. The fourth-order valence-electron chi connectivity index (χ4n) is 15.2. The van der Waals surface area contributed by atoms with E-state index in [4.69, 9.17) is 126 Å². The maximum Gasteiger partial charge on any atom is 0.249 e. The molecule has 9 aliphatic rings. The van der Waals surface area contributed by atoms with Gasteiger partial charge in [-0.1, -0.05) is 0 Å². The average Bonchev–Trinajstić information content (AvgIpc) is 0.780. The van der Waals surface area contributed by atoms with Crippen molar-refractivity contribution in [2.75, 3.05) is 59.1 Å². The third-order valence-electron chi connectivity index (χ3n) is 22.5. The number of hydrogen-bond acceptors (Lipinski definition) is 51. The zero-order valence-corrected chi connectivity index (χ0v) is 65.1. The van der Waals surface area contributed by atoms with Crippen LogP contribution < -0.4 is 84.8 Å². The largest absolute Gasteiger partial charge is 0.394 e. The van der Waals surface area contributed by atoms with Gasteiger partial charge in [-0.25, -0.2) is 0 Å². The molecule has 3 amide bonds. The molecule has 0 aromatic heterocycles. The first kappa shape index (κ1) is 104. The molecule has 702 valence electrons. The van der Waals surface area contributed by atoms with Crippen molar-refractivity contribution in [2.24, 2.45) is 68.8 Å². The molecule has 48 atom stereocenters. The summed E-state index contributed by atoms with van der Waals surface area (Å²) in [5.74, 6) is -2.54. The van der Waals surface area contributed by atoms with Crippen LogP contribution in [-0.4, -0.2) is 493 Å². The zero-order chi connectivity index (χ0) is 89.7. The average molecular weight is 1760 g/mol. The highest BCUT2D eigenvalue weighted by atomic mass is 16.8. The highest BCUT2D eigenvalue weighted by molar-refractivity contribution is 5.81. The quantitative estimate of drug-likeness (QED) is 0.0318. The molecule has 51 N–H and O–H groups in total. The van der Waals surface area contributed by atoms with E-state index in [0.717, 1.165) is 0 Å². The first-order chi connectivity index (χ1) is 56.6. The lowest BCUT2D eigenvalue weighted by molar-refractivity contribution is -0.332. The van der Waals surface area contributed by atoms with E-state index in [1.807, 2.05) is 0 Å². The SMILES string of the molecule is NCCC(O)C(=O)NC1CC(N)C(OC2OC(CN)C(O)C(O)C2O)C(O)C1OC1OC(CO)C(O)C(N)C1O.NCCC(O)C(=O)NC1CC(N)C(OC2OC(CN)C(O)C(O)C2O)C(O)C1OC1OC(CO)C(O)C(N)C1O.NCCC(O)C(=O)NC1CC(N)C(OC2OC(CN)C(O)C(O)C2O)C(O)C1OC1OC(CO)C(O)C(N)C1O. The summed E-state index contributed by atoms with van der Waals surface area (Å²) >= 11 is 0. The van der Waals surface area contributed by atoms with E-state index in [1.165, 1.54) is 0 Å². The van der Waals surface area contributed by atoms with Crippen LogP contribution in [0, 0.1) is 0 Å². The Labute approximate surface area is 685 Å². The van der Waals surface area contributed by atoms with Crippen LogP contribution in [0.15, 0.2) is 0 Å². The molecule has 6 heterocycles. The third kappa shape index (κ3) is 24.5. The summed E-state index contributed by atoms with van der Waals surface area (Å²) in [5.41, 5.74) is 69.2. The summed E-state index contributed by atoms with van der Waals surface area (Å²) in [4.78, 5) is 37.7. The minimum Gasteiger partial charge on any atom is -0.394 e. The van der Waals surface area contributed by atoms with Gasteiger partial charge in [-0.05, 0) is 58.2 Å². The van der Waals surface area contributed by atoms with Crippen molar-refractivity contribution >= 4 is 17.7 Å². The Morgan fingerprint density at radius 3 is 0.683 bits per heavy atom. The van der Waals surface area contributed by atoms with E-state index in [0.29, 0.717) is 0 Å². The number of amides is 3. The predicted molar refractivity (Wildman–Crippen MR) is 394 cm³/mol. The van der Waals surface area contributed by atoms with Gasteiger partial charge < -0.3 is 264 Å². The molecule has 0 aromatic carbocycles. The summed E-state index contributed by atoms with van der Waals surface area (Å²) in [6.45, 7) is -2.70. The normalized spacial score (nSPS) is 47.0. The van der Waals surface area contributed by atoms with Gasteiger partial charge in [-0.3, -0.25) is 14.4 Å². The molecular weight excluding hydrogens is 1630 g/mol. The Kier molecular flexibility index (Phi) is 40.6. The van der Waals surface area contributed by atoms with E-state index < -0.39 is 331 Å². The monoisotopic (exact) mass is 1760 g/mol. The number of aliphatic hydroxyl groups is 24. The molecule has 54 nitrogen and oxygen atoms in total. The summed E-state index contributed by atoms with van der Waals surface area (Å²) in [7, 11) is 0. The second-order valence-corrected chi connectivity index (χ2v) is 31.0. The molecule has 0 spiro atoms. The van der Waals surface area contributed by atoms with Gasteiger partial charge >= 0.3 is 0 Å². The highest BCUT2D eigenvalue weighted by Gasteiger charge is 2.58. The van der Waals surface area contributed by atoms with Crippen molar-refractivity contribution in [3.8, 4) is 0 Å². The molecule has 0 radical (unpaired) electrons. The third-order valence-corrected chi connectivity index (χ3v) is 22.5. The van der Waals surface area contributed by atoms with E-state index in [-0.39, 0.29) is 77.8 Å². The van der Waals surface area contributed by atoms with Crippen LogP contribution in [-0.2, 0) is 71.2 Å². The summed E-state index contributed by atoms with van der Waals surface area (Å²) in [6, 6.07) is -10.4. The second kappa shape index (κ2) is 47.0. The van der Waals surface area contributed by atoms with Crippen LogP contribution >= 0.6 is 0 Å². The second-order valence-electron chi connectivity index (χ2n) is 31.0. The predicted octanol–water partition coefficient (Wildman–Crippen LogP) is -25.3. The van der Waals surface area contributed by atoms with E-state index in [2.05, 4.69) is 16.0 Å². The van der Waals surface area contributed by atoms with E-state index in [9.17, 15) is 137 Å². The Morgan fingerprint density at radius 2 is 0.483 bits per heavy atom. The topological polar surface area (TPSA) is 996 Å². The molecule has 48 unspecified atom stereocenters. The number of carbonyl (C=O) groups is 3. The van der Waals surface area contributed by atoms with Gasteiger partial charge in [0.05, 0.1) is 56.1 Å². The molecule has 0 bridgehead atoms. The van der Waals surface area contributed by atoms with Crippen molar-refractivity contribution in [2.45, 2.75) is 332 Å². The summed E-state index contributed by atoms with van der Waals surface area (Å²) in [5, 5.41) is 255. The lowest BCUT2D eigenvalue weighted by Gasteiger charge is -2.49. The standard InChI is InChI=1S/3C22H43N5O13/c3*23-2-1-8(29)20(36)27-7-3-6(25)18(39-22-16(34)15(33)13(31)9(4-24)37-22)17(35)19(7)40-21-14(32)11(26)12(30)10(5-28)38-21/h3*6-19,21-22,28-35H,1-5,23-26H2,(H,27,36). The maximum absolute atomic E-state index is 12.6. The minimum atomic E-state index is -1.76. The van der Waals surface area contributed by atoms with E-state index in [1.54, 1.807) is 0 Å². The van der Waals surface area contributed by atoms with Crippen LogP contribution in [0.4, 0.5) is 0 Å². The first-order valence-electron chi connectivity index (χ1n) is 39.2. The Balaban J connectivity index is 0.000000248. The number of nitrogens with two attached hydrogens (primary N) is 12. The Morgan fingerprint density at radius 1 is 0.283 bits per heavy atom. The molecule has 120 heavy (non-hydrogen) atoms. The first-order valence-corrected chi connectivity index (χ1v) is 39.2.